The Kier molecular flexibility index (Phi) is 2.16. The first-order valence-electron chi connectivity index (χ1n) is 4.70. The molecule has 0 aromatic carbocycles. The second-order valence-electron chi connectivity index (χ2n) is 4.48. The van der Waals surface area contributed by atoms with Crippen molar-refractivity contribution in [2.45, 2.75) is 26.3 Å². The largest absolute Gasteiger partial charge is 0.311 e. The Morgan fingerprint density at radius 3 is 2.77 bits per heavy atom. The van der Waals surface area contributed by atoms with Gasteiger partial charge < -0.3 is 5.32 Å². The highest BCUT2D eigenvalue weighted by Crippen LogP contribution is 2.57. The third-order valence-corrected chi connectivity index (χ3v) is 3.68. The molecule has 0 radical (unpaired) electrons. The maximum Gasteiger partial charge on any atom is 0.0795 e. The van der Waals surface area contributed by atoms with E-state index in [1.54, 1.807) is 11.3 Å². The second kappa shape index (κ2) is 3.07. The van der Waals surface area contributed by atoms with Crippen molar-refractivity contribution in [3.05, 3.63) is 16.6 Å². The summed E-state index contributed by atoms with van der Waals surface area (Å²) in [6.45, 7) is 4.66. The molecule has 1 saturated carbocycles. The molecule has 1 aromatic rings. The molecule has 72 valence electrons. The molecule has 2 unspecified atom stereocenters. The Balaban J connectivity index is 2.12. The third kappa shape index (κ3) is 1.63. The molecular weight excluding hydrogens is 180 g/mol. The Labute approximate surface area is 83.4 Å². The summed E-state index contributed by atoms with van der Waals surface area (Å²) in [5.74, 6) is 0.764. The fourth-order valence-corrected chi connectivity index (χ4v) is 2.60. The predicted molar refractivity (Wildman–Crippen MR) is 55.8 cm³/mol. The first-order valence-corrected chi connectivity index (χ1v) is 5.65. The zero-order valence-electron chi connectivity index (χ0n) is 8.37. The van der Waals surface area contributed by atoms with Crippen molar-refractivity contribution < 1.29 is 0 Å². The Morgan fingerprint density at radius 2 is 2.38 bits per heavy atom. The molecular formula is C10H16N2S. The summed E-state index contributed by atoms with van der Waals surface area (Å²) in [5.41, 5.74) is 3.63. The van der Waals surface area contributed by atoms with Crippen molar-refractivity contribution in [3.63, 3.8) is 0 Å². The van der Waals surface area contributed by atoms with Gasteiger partial charge >= 0.3 is 0 Å². The predicted octanol–water partition coefficient (Wildman–Crippen LogP) is 2.45. The van der Waals surface area contributed by atoms with Crippen molar-refractivity contribution in [3.8, 4) is 0 Å². The zero-order chi connectivity index (χ0) is 9.47. The molecule has 2 nitrogen and oxygen atoms in total. The monoisotopic (exact) mass is 196 g/mol. The van der Waals surface area contributed by atoms with E-state index in [4.69, 9.17) is 0 Å². The summed E-state index contributed by atoms with van der Waals surface area (Å²) in [6, 6.07) is 0.459. The zero-order valence-corrected chi connectivity index (χ0v) is 9.19. The molecule has 2 atom stereocenters. The number of aromatic nitrogens is 1. The van der Waals surface area contributed by atoms with Gasteiger partial charge in [0.15, 0.2) is 0 Å². The van der Waals surface area contributed by atoms with Crippen LogP contribution in [-0.4, -0.2) is 12.0 Å². The van der Waals surface area contributed by atoms with E-state index in [0.29, 0.717) is 11.5 Å². The maximum absolute atomic E-state index is 4.37. The fraction of sp³-hybridized carbons (Fsp3) is 0.700. The summed E-state index contributed by atoms with van der Waals surface area (Å²) < 4.78 is 0. The number of nitrogens with zero attached hydrogens (tertiary/aromatic N) is 1. The lowest BCUT2D eigenvalue weighted by Gasteiger charge is -2.15. The van der Waals surface area contributed by atoms with E-state index in [-0.39, 0.29) is 0 Å². The number of thiazole rings is 1. The molecule has 1 aliphatic rings. The smallest absolute Gasteiger partial charge is 0.0795 e. The third-order valence-electron chi connectivity index (χ3n) is 3.07. The fourth-order valence-electron chi connectivity index (χ4n) is 2.01. The Bertz CT molecular complexity index is 279. The molecule has 0 saturated heterocycles. The summed E-state index contributed by atoms with van der Waals surface area (Å²) in [4.78, 5) is 4.37. The lowest BCUT2D eigenvalue weighted by atomic mass is 10.0. The normalized spacial score (nSPS) is 27.2. The van der Waals surface area contributed by atoms with Gasteiger partial charge in [-0.15, -0.1) is 11.3 Å². The summed E-state index contributed by atoms with van der Waals surface area (Å²) >= 11 is 1.68. The van der Waals surface area contributed by atoms with Crippen molar-refractivity contribution in [1.82, 2.24) is 10.3 Å². The van der Waals surface area contributed by atoms with Crippen LogP contribution in [0.2, 0.25) is 0 Å². The highest BCUT2D eigenvalue weighted by Gasteiger charge is 2.50. The van der Waals surface area contributed by atoms with Crippen LogP contribution in [0.4, 0.5) is 0 Å². The van der Waals surface area contributed by atoms with Gasteiger partial charge in [-0.3, -0.25) is 0 Å². The maximum atomic E-state index is 4.37. The van der Waals surface area contributed by atoms with Crippen LogP contribution < -0.4 is 5.32 Å². The number of nitrogens with one attached hydrogen (secondary N) is 1. The van der Waals surface area contributed by atoms with E-state index >= 15 is 0 Å². The summed E-state index contributed by atoms with van der Waals surface area (Å²) in [5, 5.41) is 5.51. The van der Waals surface area contributed by atoms with Gasteiger partial charge in [0.2, 0.25) is 0 Å². The molecule has 1 heterocycles. The second-order valence-corrected chi connectivity index (χ2v) is 5.20. The van der Waals surface area contributed by atoms with Crippen molar-refractivity contribution in [2.75, 3.05) is 7.05 Å². The minimum atomic E-state index is 0.459. The molecule has 0 bridgehead atoms. The van der Waals surface area contributed by atoms with E-state index in [2.05, 4.69) is 29.5 Å². The standard InChI is InChI=1S/C10H16N2S/c1-10(2)4-7(10)9(11-3)8-5-13-6-12-8/h5-7,9,11H,4H2,1-3H3. The van der Waals surface area contributed by atoms with E-state index in [1.807, 2.05) is 12.6 Å². The van der Waals surface area contributed by atoms with Crippen LogP contribution in [0.1, 0.15) is 32.0 Å². The summed E-state index contributed by atoms with van der Waals surface area (Å²) in [7, 11) is 2.03. The van der Waals surface area contributed by atoms with Crippen LogP contribution in [-0.2, 0) is 0 Å². The van der Waals surface area contributed by atoms with Gasteiger partial charge in [-0.2, -0.15) is 0 Å². The molecule has 0 spiro atoms. The Hall–Kier alpha value is -0.410. The minimum absolute atomic E-state index is 0.459. The number of hydrogen-bond donors (Lipinski definition) is 1. The molecule has 1 aromatic heterocycles. The Morgan fingerprint density at radius 1 is 1.69 bits per heavy atom. The molecule has 0 amide bonds. The number of hydrogen-bond acceptors (Lipinski definition) is 3. The average molecular weight is 196 g/mol. The van der Waals surface area contributed by atoms with Crippen LogP contribution in [0.25, 0.3) is 0 Å². The molecule has 2 rings (SSSR count). The van der Waals surface area contributed by atoms with Crippen molar-refractivity contribution in [2.24, 2.45) is 11.3 Å². The minimum Gasteiger partial charge on any atom is -0.311 e. The van der Waals surface area contributed by atoms with Gasteiger partial charge in [0.25, 0.3) is 0 Å². The van der Waals surface area contributed by atoms with E-state index in [1.165, 1.54) is 12.1 Å². The van der Waals surface area contributed by atoms with Gasteiger partial charge in [-0.05, 0) is 24.8 Å². The van der Waals surface area contributed by atoms with Crippen LogP contribution in [0.5, 0.6) is 0 Å². The lowest BCUT2D eigenvalue weighted by molar-refractivity contribution is 0.434. The molecule has 1 N–H and O–H groups in total. The SMILES string of the molecule is CNC(c1cscn1)C1CC1(C)C. The van der Waals surface area contributed by atoms with Gasteiger partial charge in [-0.25, -0.2) is 4.98 Å². The molecule has 1 fully saturated rings. The topological polar surface area (TPSA) is 24.9 Å². The lowest BCUT2D eigenvalue weighted by Crippen LogP contribution is -2.20. The van der Waals surface area contributed by atoms with Crippen LogP contribution in [0.3, 0.4) is 0 Å². The highest BCUT2D eigenvalue weighted by atomic mass is 32.1. The highest BCUT2D eigenvalue weighted by molar-refractivity contribution is 7.07. The summed E-state index contributed by atoms with van der Waals surface area (Å²) in [6.07, 6.45) is 1.32. The van der Waals surface area contributed by atoms with Crippen LogP contribution in [0.15, 0.2) is 10.9 Å². The number of rotatable bonds is 3. The van der Waals surface area contributed by atoms with Crippen molar-refractivity contribution >= 4 is 11.3 Å². The van der Waals surface area contributed by atoms with Gasteiger partial charge in [-0.1, -0.05) is 13.8 Å². The van der Waals surface area contributed by atoms with Crippen LogP contribution in [0, 0.1) is 11.3 Å². The van der Waals surface area contributed by atoms with E-state index in [9.17, 15) is 0 Å². The van der Waals surface area contributed by atoms with Gasteiger partial charge in [0, 0.05) is 5.38 Å². The molecule has 1 aliphatic carbocycles. The van der Waals surface area contributed by atoms with E-state index < -0.39 is 0 Å². The van der Waals surface area contributed by atoms with E-state index in [0.717, 1.165) is 5.92 Å². The van der Waals surface area contributed by atoms with Crippen LogP contribution >= 0.6 is 11.3 Å². The van der Waals surface area contributed by atoms with Gasteiger partial charge in [0.05, 0.1) is 17.2 Å². The van der Waals surface area contributed by atoms with Gasteiger partial charge in [0.1, 0.15) is 0 Å². The first-order chi connectivity index (χ1) is 6.15. The molecule has 0 aliphatic heterocycles. The first kappa shape index (κ1) is 9.16. The quantitative estimate of drug-likeness (QED) is 0.803. The average Bonchev–Trinajstić information content (AvgIpc) is 2.55. The molecule has 3 heteroatoms. The molecule has 13 heavy (non-hydrogen) atoms. The van der Waals surface area contributed by atoms with Crippen molar-refractivity contribution in [1.29, 1.82) is 0 Å².